The van der Waals surface area contributed by atoms with Gasteiger partial charge in [0, 0.05) is 5.69 Å². The summed E-state index contributed by atoms with van der Waals surface area (Å²) in [4.78, 5) is 0. The third-order valence-electron chi connectivity index (χ3n) is 2.72. The lowest BCUT2D eigenvalue weighted by molar-refractivity contribution is 0.621. The zero-order valence-electron chi connectivity index (χ0n) is 10.2. The van der Waals surface area contributed by atoms with Crippen molar-refractivity contribution in [2.24, 2.45) is 0 Å². The van der Waals surface area contributed by atoms with E-state index in [1.165, 1.54) is 6.07 Å². The van der Waals surface area contributed by atoms with Gasteiger partial charge in [-0.15, -0.1) is 0 Å². The zero-order chi connectivity index (χ0) is 14.0. The van der Waals surface area contributed by atoms with Gasteiger partial charge in [0.2, 0.25) is 0 Å². The largest absolute Gasteiger partial charge is 0.397 e. The Morgan fingerprint density at radius 2 is 2.00 bits per heavy atom. The van der Waals surface area contributed by atoms with Crippen LogP contribution in [0.2, 0.25) is 0 Å². The fourth-order valence-corrected chi connectivity index (χ4v) is 2.13. The molecule has 0 atom stereocenters. The van der Waals surface area contributed by atoms with Gasteiger partial charge >= 0.3 is 0 Å². The van der Waals surface area contributed by atoms with Crippen molar-refractivity contribution in [1.29, 1.82) is 5.26 Å². The molecule has 19 heavy (non-hydrogen) atoms. The normalized spacial score (nSPS) is 10.0. The summed E-state index contributed by atoms with van der Waals surface area (Å²) in [6, 6.07) is 10.0. The molecule has 0 saturated carbocycles. The Kier molecular flexibility index (Phi) is 3.72. The molecule has 0 aliphatic carbocycles. The van der Waals surface area contributed by atoms with Crippen molar-refractivity contribution in [1.82, 2.24) is 0 Å². The minimum absolute atomic E-state index is 0.347. The van der Waals surface area contributed by atoms with E-state index < -0.39 is 0 Å². The van der Waals surface area contributed by atoms with E-state index in [1.54, 1.807) is 24.3 Å². The summed E-state index contributed by atoms with van der Waals surface area (Å²) >= 11 is 3.14. The lowest BCUT2D eigenvalue weighted by atomic mass is 10.1. The topological polar surface area (TPSA) is 61.8 Å². The van der Waals surface area contributed by atoms with Gasteiger partial charge in [-0.25, -0.2) is 4.39 Å². The molecule has 0 saturated heterocycles. The molecule has 3 nitrogen and oxygen atoms in total. The van der Waals surface area contributed by atoms with E-state index in [0.29, 0.717) is 27.1 Å². The molecule has 3 N–H and O–H groups in total. The van der Waals surface area contributed by atoms with Crippen molar-refractivity contribution in [3.8, 4) is 6.07 Å². The quantitative estimate of drug-likeness (QED) is 0.819. The number of hydrogen-bond acceptors (Lipinski definition) is 3. The smallest absolute Gasteiger partial charge is 0.139 e. The van der Waals surface area contributed by atoms with Gasteiger partial charge in [0.25, 0.3) is 0 Å². The maximum atomic E-state index is 13.5. The molecule has 0 heterocycles. The Morgan fingerprint density at radius 1 is 1.26 bits per heavy atom. The predicted molar refractivity (Wildman–Crippen MR) is 77.7 cm³/mol. The van der Waals surface area contributed by atoms with Gasteiger partial charge in [-0.1, -0.05) is 0 Å². The second-order valence-electron chi connectivity index (χ2n) is 4.12. The van der Waals surface area contributed by atoms with E-state index in [2.05, 4.69) is 21.2 Å². The average molecular weight is 320 g/mol. The molecule has 0 bridgehead atoms. The standard InChI is InChI=1S/C14H11BrFN3/c1-8-4-10(15)11(16)6-14(8)19-13-3-2-9(7-17)5-12(13)18/h2-6,19H,18H2,1H3. The van der Waals surface area contributed by atoms with Crippen molar-refractivity contribution in [2.45, 2.75) is 6.92 Å². The van der Waals surface area contributed by atoms with E-state index >= 15 is 0 Å². The van der Waals surface area contributed by atoms with Crippen molar-refractivity contribution >= 4 is 33.0 Å². The number of nitriles is 1. The number of anilines is 3. The van der Waals surface area contributed by atoms with Gasteiger partial charge in [0.1, 0.15) is 5.82 Å². The lowest BCUT2D eigenvalue weighted by Gasteiger charge is -2.12. The summed E-state index contributed by atoms with van der Waals surface area (Å²) in [6.45, 7) is 1.87. The van der Waals surface area contributed by atoms with Gasteiger partial charge in [-0.2, -0.15) is 5.26 Å². The van der Waals surface area contributed by atoms with Crippen LogP contribution in [0.1, 0.15) is 11.1 Å². The molecule has 0 spiro atoms. The third kappa shape index (κ3) is 2.85. The first-order valence-electron chi connectivity index (χ1n) is 5.53. The summed E-state index contributed by atoms with van der Waals surface area (Å²) in [5.74, 6) is -0.347. The second kappa shape index (κ2) is 5.29. The third-order valence-corrected chi connectivity index (χ3v) is 3.32. The molecular formula is C14H11BrFN3. The SMILES string of the molecule is Cc1cc(Br)c(F)cc1Nc1ccc(C#N)cc1N. The van der Waals surface area contributed by atoms with Crippen molar-refractivity contribution in [2.75, 3.05) is 11.1 Å². The van der Waals surface area contributed by atoms with Gasteiger partial charge in [-0.3, -0.25) is 0 Å². The number of hydrogen-bond donors (Lipinski definition) is 2. The molecule has 96 valence electrons. The van der Waals surface area contributed by atoms with Crippen LogP contribution in [0.3, 0.4) is 0 Å². The van der Waals surface area contributed by atoms with E-state index in [4.69, 9.17) is 11.0 Å². The molecule has 2 aromatic carbocycles. The van der Waals surface area contributed by atoms with E-state index in [0.717, 1.165) is 5.56 Å². The Bertz CT molecular complexity index is 677. The van der Waals surface area contributed by atoms with Crippen LogP contribution in [0.25, 0.3) is 0 Å². The van der Waals surface area contributed by atoms with Gasteiger partial charge in [0.15, 0.2) is 0 Å². The fourth-order valence-electron chi connectivity index (χ4n) is 1.67. The van der Waals surface area contributed by atoms with Crippen LogP contribution >= 0.6 is 15.9 Å². The summed E-state index contributed by atoms with van der Waals surface area (Å²) in [5.41, 5.74) is 8.94. The molecule has 0 fully saturated rings. The first kappa shape index (κ1) is 13.4. The van der Waals surface area contributed by atoms with Crippen LogP contribution in [-0.4, -0.2) is 0 Å². The predicted octanol–water partition coefficient (Wildman–Crippen LogP) is 4.09. The molecular weight excluding hydrogens is 309 g/mol. The Balaban J connectivity index is 2.37. The van der Waals surface area contributed by atoms with E-state index in [-0.39, 0.29) is 5.82 Å². The number of halogens is 2. The Hall–Kier alpha value is -2.06. The molecule has 0 aliphatic rings. The summed E-state index contributed by atoms with van der Waals surface area (Å²) < 4.78 is 13.9. The first-order chi connectivity index (χ1) is 9.01. The summed E-state index contributed by atoms with van der Waals surface area (Å²) in [5, 5.41) is 11.8. The minimum atomic E-state index is -0.347. The molecule has 0 amide bonds. The van der Waals surface area contributed by atoms with E-state index in [1.807, 2.05) is 13.0 Å². The highest BCUT2D eigenvalue weighted by Crippen LogP contribution is 2.29. The lowest BCUT2D eigenvalue weighted by Crippen LogP contribution is -1.99. The highest BCUT2D eigenvalue weighted by Gasteiger charge is 2.07. The van der Waals surface area contributed by atoms with Crippen LogP contribution in [0, 0.1) is 24.1 Å². The Morgan fingerprint density at radius 3 is 2.63 bits per heavy atom. The van der Waals surface area contributed by atoms with Crippen LogP contribution in [0.5, 0.6) is 0 Å². The average Bonchev–Trinajstić information content (AvgIpc) is 2.38. The minimum Gasteiger partial charge on any atom is -0.397 e. The maximum absolute atomic E-state index is 13.5. The maximum Gasteiger partial charge on any atom is 0.139 e. The monoisotopic (exact) mass is 319 g/mol. The molecule has 0 unspecified atom stereocenters. The molecule has 2 aromatic rings. The molecule has 5 heteroatoms. The molecule has 0 aliphatic heterocycles. The second-order valence-corrected chi connectivity index (χ2v) is 4.97. The molecule has 0 radical (unpaired) electrons. The highest BCUT2D eigenvalue weighted by atomic mass is 79.9. The van der Waals surface area contributed by atoms with Crippen molar-refractivity contribution in [3.63, 3.8) is 0 Å². The van der Waals surface area contributed by atoms with Gasteiger partial charge in [0.05, 0.1) is 27.5 Å². The highest BCUT2D eigenvalue weighted by molar-refractivity contribution is 9.10. The number of nitrogens with zero attached hydrogens (tertiary/aromatic N) is 1. The number of benzene rings is 2. The fraction of sp³-hybridized carbons (Fsp3) is 0.0714. The number of nitrogen functional groups attached to an aromatic ring is 1. The first-order valence-corrected chi connectivity index (χ1v) is 6.33. The zero-order valence-corrected chi connectivity index (χ0v) is 11.8. The number of aryl methyl sites for hydroxylation is 1. The van der Waals surface area contributed by atoms with Crippen LogP contribution in [0.15, 0.2) is 34.8 Å². The van der Waals surface area contributed by atoms with Crippen LogP contribution in [0.4, 0.5) is 21.5 Å². The summed E-state index contributed by atoms with van der Waals surface area (Å²) in [6.07, 6.45) is 0. The molecule has 0 aromatic heterocycles. The van der Waals surface area contributed by atoms with E-state index in [9.17, 15) is 4.39 Å². The van der Waals surface area contributed by atoms with Crippen molar-refractivity contribution < 1.29 is 4.39 Å². The van der Waals surface area contributed by atoms with Gasteiger partial charge in [-0.05, 0) is 58.7 Å². The number of nitrogens with two attached hydrogens (primary N) is 1. The number of nitrogens with one attached hydrogen (secondary N) is 1. The summed E-state index contributed by atoms with van der Waals surface area (Å²) in [7, 11) is 0. The van der Waals surface area contributed by atoms with Gasteiger partial charge < -0.3 is 11.1 Å². The van der Waals surface area contributed by atoms with Crippen LogP contribution < -0.4 is 11.1 Å². The van der Waals surface area contributed by atoms with Crippen LogP contribution in [-0.2, 0) is 0 Å². The molecule has 2 rings (SSSR count). The number of rotatable bonds is 2. The Labute approximate surface area is 119 Å². The van der Waals surface area contributed by atoms with Crippen molar-refractivity contribution in [3.05, 3.63) is 51.7 Å².